The van der Waals surface area contributed by atoms with Crippen LogP contribution in [0, 0.1) is 6.92 Å². The van der Waals surface area contributed by atoms with E-state index in [1.54, 1.807) is 19.1 Å². The van der Waals surface area contributed by atoms with Crippen LogP contribution >= 0.6 is 23.2 Å². The number of Topliss-reactive ketones (excluding diaryl/α,β-unsaturated/α-hetero) is 1. The molecule has 0 bridgehead atoms. The first kappa shape index (κ1) is 27.8. The van der Waals surface area contributed by atoms with Gasteiger partial charge in [-0.15, -0.1) is 0 Å². The number of hydrogen-bond acceptors (Lipinski definition) is 6. The second-order valence-electron chi connectivity index (χ2n) is 7.73. The average molecular weight is 552 g/mol. The number of halogens is 5. The number of benzene rings is 3. The number of para-hydroxylation sites is 1. The van der Waals surface area contributed by atoms with Crippen LogP contribution in [0.3, 0.4) is 0 Å². The zero-order valence-electron chi connectivity index (χ0n) is 19.3. The van der Waals surface area contributed by atoms with Gasteiger partial charge >= 0.3 is 12.1 Å². The van der Waals surface area contributed by atoms with Crippen molar-refractivity contribution in [3.63, 3.8) is 0 Å². The van der Waals surface area contributed by atoms with Crippen LogP contribution in [0.4, 0.5) is 24.5 Å². The van der Waals surface area contributed by atoms with Crippen molar-refractivity contribution >= 4 is 52.2 Å². The van der Waals surface area contributed by atoms with Crippen LogP contribution in [-0.2, 0) is 15.8 Å². The van der Waals surface area contributed by atoms with Crippen molar-refractivity contribution in [3.8, 4) is 5.75 Å². The molecule has 0 heterocycles. The molecule has 1 atom stereocenters. The fraction of sp³-hybridized carbons (Fsp3) is 0.160. The number of hydrogen-bond donors (Lipinski definition) is 1. The summed E-state index contributed by atoms with van der Waals surface area (Å²) in [4.78, 5) is 37.2. The molecule has 192 valence electrons. The predicted molar refractivity (Wildman–Crippen MR) is 132 cm³/mol. The van der Waals surface area contributed by atoms with Crippen LogP contribution in [-0.4, -0.2) is 23.7 Å². The first-order valence-corrected chi connectivity index (χ1v) is 11.3. The zero-order chi connectivity index (χ0) is 27.3. The van der Waals surface area contributed by atoms with Gasteiger partial charge in [-0.1, -0.05) is 41.4 Å². The summed E-state index contributed by atoms with van der Waals surface area (Å²) in [6.07, 6.45) is -4.58. The number of esters is 1. The Morgan fingerprint density at radius 2 is 1.68 bits per heavy atom. The van der Waals surface area contributed by atoms with Crippen molar-refractivity contribution in [2.75, 3.05) is 5.32 Å². The Labute approximate surface area is 219 Å². The summed E-state index contributed by atoms with van der Waals surface area (Å²) in [6.45, 7) is 2.65. The maximum Gasteiger partial charge on any atom is 0.416 e. The van der Waals surface area contributed by atoms with Gasteiger partial charge in [-0.05, 0) is 61.9 Å². The second-order valence-corrected chi connectivity index (χ2v) is 8.54. The van der Waals surface area contributed by atoms with Gasteiger partial charge in [-0.25, -0.2) is 4.79 Å². The van der Waals surface area contributed by atoms with Crippen molar-refractivity contribution in [3.05, 3.63) is 87.4 Å². The standard InChI is InChI=1S/C25H18Cl2F3N3O4/c1-13-7-9-16(25(28,29)30)12-19(13)31-23(35)15-8-10-17(26)20(11-15)32-33-22(14(2)34)24(36)37-21-6-4-3-5-18(21)27/h3-12,22H,1-2H3,(H,31,35). The van der Waals surface area contributed by atoms with Gasteiger partial charge in [0.2, 0.25) is 6.04 Å². The highest BCUT2D eigenvalue weighted by molar-refractivity contribution is 6.33. The highest BCUT2D eigenvalue weighted by Gasteiger charge is 2.31. The highest BCUT2D eigenvalue weighted by Crippen LogP contribution is 2.33. The number of ether oxygens (including phenoxy) is 1. The minimum atomic E-state index is -4.58. The number of azo groups is 1. The van der Waals surface area contributed by atoms with E-state index >= 15 is 0 Å². The Hall–Kier alpha value is -3.76. The van der Waals surface area contributed by atoms with E-state index in [0.717, 1.165) is 19.1 Å². The molecule has 3 aromatic rings. The van der Waals surface area contributed by atoms with E-state index in [4.69, 9.17) is 27.9 Å². The molecule has 12 heteroatoms. The Balaban J connectivity index is 1.82. The molecular formula is C25H18Cl2F3N3O4. The zero-order valence-corrected chi connectivity index (χ0v) is 20.8. The Morgan fingerprint density at radius 1 is 0.973 bits per heavy atom. The molecule has 0 radical (unpaired) electrons. The third kappa shape index (κ3) is 7.14. The van der Waals surface area contributed by atoms with E-state index in [1.165, 1.54) is 36.4 Å². The second kappa shape index (κ2) is 11.5. The lowest BCUT2D eigenvalue weighted by molar-refractivity contribution is -0.140. The first-order valence-electron chi connectivity index (χ1n) is 10.5. The van der Waals surface area contributed by atoms with Gasteiger partial charge < -0.3 is 10.1 Å². The number of anilines is 1. The monoisotopic (exact) mass is 551 g/mol. The average Bonchev–Trinajstić information content (AvgIpc) is 2.82. The largest absolute Gasteiger partial charge is 0.423 e. The van der Waals surface area contributed by atoms with Crippen LogP contribution in [0.2, 0.25) is 10.0 Å². The molecule has 1 N–H and O–H groups in total. The number of nitrogens with zero attached hydrogens (tertiary/aromatic N) is 2. The molecule has 1 unspecified atom stereocenters. The molecule has 37 heavy (non-hydrogen) atoms. The lowest BCUT2D eigenvalue weighted by Crippen LogP contribution is -2.30. The number of rotatable bonds is 7. The fourth-order valence-electron chi connectivity index (χ4n) is 2.96. The number of nitrogens with one attached hydrogen (secondary N) is 1. The molecular weight excluding hydrogens is 534 g/mol. The quantitative estimate of drug-likeness (QED) is 0.145. The maximum atomic E-state index is 13.0. The van der Waals surface area contributed by atoms with Crippen LogP contribution in [0.5, 0.6) is 5.75 Å². The van der Waals surface area contributed by atoms with Crippen LogP contribution in [0.15, 0.2) is 70.9 Å². The molecule has 3 aromatic carbocycles. The molecule has 0 aliphatic carbocycles. The molecule has 0 fully saturated rings. The molecule has 0 saturated carbocycles. The number of aryl methyl sites for hydroxylation is 1. The molecule has 0 aromatic heterocycles. The summed E-state index contributed by atoms with van der Waals surface area (Å²) in [5.74, 6) is -2.42. The normalized spacial score (nSPS) is 12.3. The summed E-state index contributed by atoms with van der Waals surface area (Å²) in [5.41, 5.74) is -0.605. The van der Waals surface area contributed by atoms with Crippen molar-refractivity contribution < 1.29 is 32.3 Å². The maximum absolute atomic E-state index is 13.0. The third-order valence-corrected chi connectivity index (χ3v) is 5.59. The summed E-state index contributed by atoms with van der Waals surface area (Å²) in [7, 11) is 0. The number of carbonyl (C=O) groups excluding carboxylic acids is 3. The smallest absolute Gasteiger partial charge is 0.416 e. The molecule has 0 aliphatic heterocycles. The van der Waals surface area contributed by atoms with Crippen molar-refractivity contribution in [2.24, 2.45) is 10.2 Å². The summed E-state index contributed by atoms with van der Waals surface area (Å²) >= 11 is 12.1. The van der Waals surface area contributed by atoms with E-state index in [0.29, 0.717) is 5.56 Å². The summed E-state index contributed by atoms with van der Waals surface area (Å²) in [5, 5.41) is 10.2. The molecule has 1 amide bonds. The lowest BCUT2D eigenvalue weighted by atomic mass is 10.1. The van der Waals surface area contributed by atoms with E-state index in [2.05, 4.69) is 15.5 Å². The van der Waals surface area contributed by atoms with Gasteiger partial charge in [0.25, 0.3) is 5.91 Å². The van der Waals surface area contributed by atoms with Gasteiger partial charge in [-0.2, -0.15) is 23.4 Å². The lowest BCUT2D eigenvalue weighted by Gasteiger charge is -2.13. The Kier molecular flexibility index (Phi) is 8.67. The van der Waals surface area contributed by atoms with Crippen molar-refractivity contribution in [1.82, 2.24) is 0 Å². The van der Waals surface area contributed by atoms with Gasteiger partial charge in [0, 0.05) is 11.3 Å². The van der Waals surface area contributed by atoms with Gasteiger partial charge in [-0.3, -0.25) is 9.59 Å². The van der Waals surface area contributed by atoms with E-state index in [1.807, 2.05) is 0 Å². The van der Waals surface area contributed by atoms with Crippen LogP contribution in [0.1, 0.15) is 28.4 Å². The van der Waals surface area contributed by atoms with E-state index < -0.39 is 35.4 Å². The number of alkyl halides is 3. The molecule has 3 rings (SSSR count). The number of carbonyl (C=O) groups is 3. The van der Waals surface area contributed by atoms with Gasteiger partial charge in [0.05, 0.1) is 15.6 Å². The minimum absolute atomic E-state index is 0.00631. The van der Waals surface area contributed by atoms with Gasteiger partial charge in [0.15, 0.2) is 5.78 Å². The number of ketones is 1. The van der Waals surface area contributed by atoms with Gasteiger partial charge in [0.1, 0.15) is 11.4 Å². The molecule has 0 spiro atoms. The summed E-state index contributed by atoms with van der Waals surface area (Å²) < 4.78 is 44.3. The predicted octanol–water partition coefficient (Wildman–Crippen LogP) is 7.22. The fourth-order valence-corrected chi connectivity index (χ4v) is 3.29. The van der Waals surface area contributed by atoms with E-state index in [9.17, 15) is 27.6 Å². The minimum Gasteiger partial charge on any atom is -0.423 e. The Bertz CT molecular complexity index is 1390. The molecule has 7 nitrogen and oxygen atoms in total. The topological polar surface area (TPSA) is 97.2 Å². The molecule has 0 aliphatic rings. The van der Waals surface area contributed by atoms with Crippen molar-refractivity contribution in [1.29, 1.82) is 0 Å². The highest BCUT2D eigenvalue weighted by atomic mass is 35.5. The third-order valence-electron chi connectivity index (χ3n) is 4.96. The van der Waals surface area contributed by atoms with Crippen molar-refractivity contribution in [2.45, 2.75) is 26.1 Å². The van der Waals surface area contributed by atoms with Crippen LogP contribution < -0.4 is 10.1 Å². The summed E-state index contributed by atoms with van der Waals surface area (Å²) in [6, 6.07) is 11.3. The first-order chi connectivity index (χ1) is 17.4. The Morgan fingerprint density at radius 3 is 2.32 bits per heavy atom. The number of amides is 1. The van der Waals surface area contributed by atoms with E-state index in [-0.39, 0.29) is 32.7 Å². The SMILES string of the molecule is CC(=O)C(N=Nc1cc(C(=O)Nc2cc(C(F)(F)F)ccc2C)ccc1Cl)C(=O)Oc1ccccc1Cl. The van der Waals surface area contributed by atoms with Crippen LogP contribution in [0.25, 0.3) is 0 Å². The molecule has 0 saturated heterocycles.